The van der Waals surface area contributed by atoms with Crippen LogP contribution >= 0.6 is 0 Å². The largest absolute Gasteiger partial charge is 0.374 e. The van der Waals surface area contributed by atoms with Gasteiger partial charge in [-0.3, -0.25) is 0 Å². The van der Waals surface area contributed by atoms with E-state index >= 15 is 0 Å². The first kappa shape index (κ1) is 14.3. The molecule has 1 aromatic carbocycles. The van der Waals surface area contributed by atoms with Crippen LogP contribution in [-0.2, 0) is 4.74 Å². The Hall–Kier alpha value is -1.69. The summed E-state index contributed by atoms with van der Waals surface area (Å²) >= 11 is 0. The normalized spacial score (nSPS) is 21.3. The molecule has 0 saturated carbocycles. The van der Waals surface area contributed by atoms with Gasteiger partial charge in [0.15, 0.2) is 0 Å². The van der Waals surface area contributed by atoms with E-state index in [2.05, 4.69) is 40.6 Å². The summed E-state index contributed by atoms with van der Waals surface area (Å²) in [7, 11) is 4.11. The summed E-state index contributed by atoms with van der Waals surface area (Å²) in [6, 6.07) is 12.4. The minimum absolute atomic E-state index is 0.121. The van der Waals surface area contributed by atoms with Crippen molar-refractivity contribution in [2.45, 2.75) is 12.1 Å². The third-order valence-electron chi connectivity index (χ3n) is 3.97. The highest BCUT2D eigenvalue weighted by molar-refractivity contribution is 5.33. The van der Waals surface area contributed by atoms with Gasteiger partial charge in [0.2, 0.25) is 0 Å². The zero-order valence-electron chi connectivity index (χ0n) is 12.6. The molecule has 2 unspecified atom stereocenters. The van der Waals surface area contributed by atoms with Crippen molar-refractivity contribution in [3.63, 3.8) is 0 Å². The molecule has 21 heavy (non-hydrogen) atoms. The summed E-state index contributed by atoms with van der Waals surface area (Å²) in [6.45, 7) is 2.69. The van der Waals surface area contributed by atoms with Gasteiger partial charge in [0.1, 0.15) is 0 Å². The predicted octanol–water partition coefficient (Wildman–Crippen LogP) is 1.46. The van der Waals surface area contributed by atoms with Gasteiger partial charge in [-0.2, -0.15) is 5.10 Å². The smallest absolute Gasteiger partial charge is 0.0912 e. The maximum Gasteiger partial charge on any atom is 0.0912 e. The number of nitrogens with zero attached hydrogens (tertiary/aromatic N) is 3. The Morgan fingerprint density at radius 3 is 2.81 bits per heavy atom. The van der Waals surface area contributed by atoms with Crippen molar-refractivity contribution < 1.29 is 4.74 Å². The number of morpholine rings is 1. The lowest BCUT2D eigenvalue weighted by Crippen LogP contribution is -2.46. The van der Waals surface area contributed by atoms with E-state index in [-0.39, 0.29) is 12.1 Å². The molecule has 0 amide bonds. The fourth-order valence-electron chi connectivity index (χ4n) is 2.87. The first-order valence-electron chi connectivity index (χ1n) is 7.36. The van der Waals surface area contributed by atoms with Crippen LogP contribution in [-0.4, -0.2) is 54.6 Å². The summed E-state index contributed by atoms with van der Waals surface area (Å²) in [5.74, 6) is 0. The second kappa shape index (κ2) is 6.39. The van der Waals surface area contributed by atoms with Crippen LogP contribution in [0.5, 0.6) is 0 Å². The molecule has 0 bridgehead atoms. The Balaban J connectivity index is 1.90. The Kier molecular flexibility index (Phi) is 4.34. The standard InChI is InChI=1S/C16H22N4O/c1-17-16(15-12-19(2)10-11-21-15)14-8-9-18-20(14)13-6-4-3-5-7-13/h3-9,15-17H,10-12H2,1-2H3. The van der Waals surface area contributed by atoms with Crippen molar-refractivity contribution in [2.24, 2.45) is 0 Å². The molecule has 1 N–H and O–H groups in total. The van der Waals surface area contributed by atoms with Gasteiger partial charge >= 0.3 is 0 Å². The van der Waals surface area contributed by atoms with Gasteiger partial charge in [0, 0.05) is 19.3 Å². The number of hydrogen-bond acceptors (Lipinski definition) is 4. The van der Waals surface area contributed by atoms with E-state index < -0.39 is 0 Å². The van der Waals surface area contributed by atoms with E-state index in [0.29, 0.717) is 0 Å². The molecule has 112 valence electrons. The molecule has 2 atom stereocenters. The molecular weight excluding hydrogens is 264 g/mol. The molecule has 1 aromatic heterocycles. The Morgan fingerprint density at radius 2 is 2.10 bits per heavy atom. The van der Waals surface area contributed by atoms with Gasteiger partial charge in [-0.05, 0) is 32.3 Å². The zero-order chi connectivity index (χ0) is 14.7. The molecule has 0 radical (unpaired) electrons. The SMILES string of the molecule is CNC(c1ccnn1-c1ccccc1)C1CN(C)CCO1. The monoisotopic (exact) mass is 286 g/mol. The van der Waals surface area contributed by atoms with Crippen molar-refractivity contribution in [3.05, 3.63) is 48.3 Å². The first-order valence-corrected chi connectivity index (χ1v) is 7.36. The molecule has 2 heterocycles. The summed E-state index contributed by atoms with van der Waals surface area (Å²) in [5, 5.41) is 7.87. The van der Waals surface area contributed by atoms with Crippen molar-refractivity contribution in [3.8, 4) is 5.69 Å². The first-order chi connectivity index (χ1) is 10.3. The summed E-state index contributed by atoms with van der Waals surface area (Å²) in [5.41, 5.74) is 2.20. The van der Waals surface area contributed by atoms with Crippen molar-refractivity contribution in [1.82, 2.24) is 20.0 Å². The lowest BCUT2D eigenvalue weighted by atomic mass is 10.1. The maximum atomic E-state index is 5.97. The zero-order valence-corrected chi connectivity index (χ0v) is 12.6. The quantitative estimate of drug-likeness (QED) is 0.924. The van der Waals surface area contributed by atoms with E-state index in [1.165, 1.54) is 0 Å². The minimum atomic E-state index is 0.121. The number of ether oxygens (including phenoxy) is 1. The van der Waals surface area contributed by atoms with Gasteiger partial charge in [-0.25, -0.2) is 4.68 Å². The lowest BCUT2D eigenvalue weighted by Gasteiger charge is -2.35. The fraction of sp³-hybridized carbons (Fsp3) is 0.438. The van der Waals surface area contributed by atoms with Crippen molar-refractivity contribution in [2.75, 3.05) is 33.8 Å². The Bertz CT molecular complexity index is 569. The molecule has 1 saturated heterocycles. The third kappa shape index (κ3) is 3.00. The highest BCUT2D eigenvalue weighted by Gasteiger charge is 2.29. The topological polar surface area (TPSA) is 42.3 Å². The predicted molar refractivity (Wildman–Crippen MR) is 82.6 cm³/mol. The molecule has 5 heteroatoms. The minimum Gasteiger partial charge on any atom is -0.374 e. The van der Waals surface area contributed by atoms with Gasteiger partial charge in [-0.1, -0.05) is 18.2 Å². The number of hydrogen-bond donors (Lipinski definition) is 1. The summed E-state index contributed by atoms with van der Waals surface area (Å²) < 4.78 is 7.96. The van der Waals surface area contributed by atoms with E-state index in [9.17, 15) is 0 Å². The fourth-order valence-corrected chi connectivity index (χ4v) is 2.87. The summed E-state index contributed by atoms with van der Waals surface area (Å²) in [6.07, 6.45) is 1.98. The Labute approximate surface area is 125 Å². The highest BCUT2D eigenvalue weighted by atomic mass is 16.5. The average Bonchev–Trinajstić information content (AvgIpc) is 2.98. The maximum absolute atomic E-state index is 5.97. The average molecular weight is 286 g/mol. The van der Waals surface area contributed by atoms with Crippen LogP contribution in [0.1, 0.15) is 11.7 Å². The molecule has 0 spiro atoms. The van der Waals surface area contributed by atoms with Crippen molar-refractivity contribution >= 4 is 0 Å². The molecule has 0 aliphatic carbocycles. The number of likely N-dealkylation sites (N-methyl/N-ethyl adjacent to an activating group) is 2. The summed E-state index contributed by atoms with van der Waals surface area (Å²) in [4.78, 5) is 2.31. The van der Waals surface area contributed by atoms with Crippen LogP contribution < -0.4 is 5.32 Å². The lowest BCUT2D eigenvalue weighted by molar-refractivity contribution is -0.0390. The van der Waals surface area contributed by atoms with E-state index in [4.69, 9.17) is 4.74 Å². The number of aromatic nitrogens is 2. The van der Waals surface area contributed by atoms with Crippen LogP contribution in [0.3, 0.4) is 0 Å². The Morgan fingerprint density at radius 1 is 1.29 bits per heavy atom. The number of benzene rings is 1. The second-order valence-electron chi connectivity index (χ2n) is 5.44. The number of rotatable bonds is 4. The van der Waals surface area contributed by atoms with Crippen LogP contribution in [0.2, 0.25) is 0 Å². The molecular formula is C16H22N4O. The molecule has 1 fully saturated rings. The van der Waals surface area contributed by atoms with E-state index in [1.807, 2.05) is 36.1 Å². The van der Waals surface area contributed by atoms with Crippen LogP contribution in [0.25, 0.3) is 5.69 Å². The third-order valence-corrected chi connectivity index (χ3v) is 3.97. The van der Waals surface area contributed by atoms with Crippen LogP contribution in [0, 0.1) is 0 Å². The molecule has 3 rings (SSSR count). The van der Waals surface area contributed by atoms with Crippen LogP contribution in [0.4, 0.5) is 0 Å². The van der Waals surface area contributed by atoms with Gasteiger partial charge < -0.3 is 15.0 Å². The van der Waals surface area contributed by atoms with Gasteiger partial charge in [0.05, 0.1) is 30.1 Å². The molecule has 5 nitrogen and oxygen atoms in total. The van der Waals surface area contributed by atoms with Gasteiger partial charge in [-0.15, -0.1) is 0 Å². The van der Waals surface area contributed by atoms with Crippen molar-refractivity contribution in [1.29, 1.82) is 0 Å². The highest BCUT2D eigenvalue weighted by Crippen LogP contribution is 2.23. The number of para-hydroxylation sites is 1. The molecule has 2 aromatic rings. The molecule has 1 aliphatic rings. The second-order valence-corrected chi connectivity index (χ2v) is 5.44. The van der Waals surface area contributed by atoms with Gasteiger partial charge in [0.25, 0.3) is 0 Å². The van der Waals surface area contributed by atoms with E-state index in [1.54, 1.807) is 0 Å². The molecule has 1 aliphatic heterocycles. The van der Waals surface area contributed by atoms with E-state index in [0.717, 1.165) is 31.1 Å². The number of nitrogens with one attached hydrogen (secondary N) is 1. The van der Waals surface area contributed by atoms with Crippen LogP contribution in [0.15, 0.2) is 42.6 Å².